The van der Waals surface area contributed by atoms with Gasteiger partial charge in [-0.1, -0.05) is 12.8 Å². The van der Waals surface area contributed by atoms with Crippen LogP contribution in [0, 0.1) is 23.0 Å². The number of sulfonamides is 1. The number of halogens is 2. The predicted molar refractivity (Wildman–Crippen MR) is 88.2 cm³/mol. The smallest absolute Gasteiger partial charge is 0.243 e. The Balaban J connectivity index is 1.96. The first-order valence-corrected chi connectivity index (χ1v) is 9.77. The number of nitrogens with zero attached hydrogens (tertiary/aromatic N) is 2. The molecule has 1 amide bonds. The first kappa shape index (κ1) is 18.3. The number of hydrogen-bond acceptors (Lipinski definition) is 3. The van der Waals surface area contributed by atoms with Crippen LogP contribution in [0.15, 0.2) is 23.1 Å². The van der Waals surface area contributed by atoms with E-state index in [1.807, 2.05) is 0 Å². The molecule has 0 bridgehead atoms. The number of amides is 1. The highest BCUT2D eigenvalue weighted by Gasteiger charge is 2.54. The Kier molecular flexibility index (Phi) is 4.61. The Morgan fingerprint density at radius 1 is 1.16 bits per heavy atom. The highest BCUT2D eigenvalue weighted by atomic mass is 32.2. The van der Waals surface area contributed by atoms with Crippen molar-refractivity contribution in [2.75, 3.05) is 27.2 Å². The van der Waals surface area contributed by atoms with Crippen LogP contribution in [0.1, 0.15) is 25.7 Å². The van der Waals surface area contributed by atoms with Crippen LogP contribution in [0.5, 0.6) is 0 Å². The Hall–Kier alpha value is -1.54. The maximum atomic E-state index is 13.5. The number of carbonyl (C=O) groups excluding carboxylic acids is 1. The normalized spacial score (nSPS) is 23.3. The van der Waals surface area contributed by atoms with Gasteiger partial charge in [-0.15, -0.1) is 0 Å². The molecule has 0 radical (unpaired) electrons. The summed E-state index contributed by atoms with van der Waals surface area (Å²) in [6.45, 7) is 0.273. The fourth-order valence-corrected chi connectivity index (χ4v) is 5.76. The second-order valence-corrected chi connectivity index (χ2v) is 9.20. The van der Waals surface area contributed by atoms with E-state index in [1.54, 1.807) is 14.1 Å². The zero-order valence-electron chi connectivity index (χ0n) is 14.3. The van der Waals surface area contributed by atoms with Crippen molar-refractivity contribution in [3.8, 4) is 0 Å². The maximum Gasteiger partial charge on any atom is 0.243 e. The van der Waals surface area contributed by atoms with Gasteiger partial charge in [0.15, 0.2) is 0 Å². The maximum absolute atomic E-state index is 13.5. The van der Waals surface area contributed by atoms with Gasteiger partial charge in [-0.25, -0.2) is 17.2 Å². The van der Waals surface area contributed by atoms with Gasteiger partial charge in [-0.2, -0.15) is 4.31 Å². The van der Waals surface area contributed by atoms with Crippen molar-refractivity contribution < 1.29 is 22.0 Å². The molecule has 25 heavy (non-hydrogen) atoms. The third-order valence-electron chi connectivity index (χ3n) is 5.43. The van der Waals surface area contributed by atoms with Crippen LogP contribution in [0.25, 0.3) is 0 Å². The summed E-state index contributed by atoms with van der Waals surface area (Å²) in [4.78, 5) is 13.7. The van der Waals surface area contributed by atoms with Gasteiger partial charge in [-0.05, 0) is 30.4 Å². The van der Waals surface area contributed by atoms with Crippen LogP contribution in [-0.2, 0) is 14.8 Å². The fourth-order valence-electron chi connectivity index (χ4n) is 4.17. The largest absolute Gasteiger partial charge is 0.349 e. The fraction of sp³-hybridized carbons (Fsp3) is 0.588. The van der Waals surface area contributed by atoms with E-state index in [9.17, 15) is 22.0 Å². The van der Waals surface area contributed by atoms with E-state index in [4.69, 9.17) is 0 Å². The lowest BCUT2D eigenvalue weighted by Crippen LogP contribution is -2.39. The zero-order valence-corrected chi connectivity index (χ0v) is 15.2. The Morgan fingerprint density at radius 3 is 2.24 bits per heavy atom. The summed E-state index contributed by atoms with van der Waals surface area (Å²) in [6.07, 6.45) is 3.50. The number of hydrogen-bond donors (Lipinski definition) is 0. The molecule has 0 N–H and O–H groups in total. The molecule has 1 spiro atoms. The lowest BCUT2D eigenvalue weighted by molar-refractivity contribution is -0.135. The molecule has 2 fully saturated rings. The molecule has 1 atom stereocenters. The van der Waals surface area contributed by atoms with Crippen molar-refractivity contribution >= 4 is 15.9 Å². The third kappa shape index (κ3) is 3.17. The minimum absolute atomic E-state index is 0.0531. The molecular weight excluding hydrogens is 350 g/mol. The van der Waals surface area contributed by atoms with Crippen LogP contribution >= 0.6 is 0 Å². The summed E-state index contributed by atoms with van der Waals surface area (Å²) in [5.41, 5.74) is -0.375. The summed E-state index contributed by atoms with van der Waals surface area (Å²) in [7, 11) is -0.743. The highest BCUT2D eigenvalue weighted by Crippen LogP contribution is 2.50. The standard InChI is InChI=1S/C17H22F2N2O3S/c1-20(2)16(22)15-10-21(11-17(15)5-3-4-6-17)25(23,24)14-8-12(18)7-13(19)9-14/h7-9,15H,3-6,10-11H2,1-2H3. The molecule has 138 valence electrons. The van der Waals surface area contributed by atoms with E-state index in [-0.39, 0.29) is 24.4 Å². The van der Waals surface area contributed by atoms with Crippen molar-refractivity contribution in [3.63, 3.8) is 0 Å². The van der Waals surface area contributed by atoms with Gasteiger partial charge in [0.25, 0.3) is 0 Å². The van der Waals surface area contributed by atoms with E-state index < -0.39 is 32.5 Å². The Bertz CT molecular complexity index is 769. The highest BCUT2D eigenvalue weighted by molar-refractivity contribution is 7.89. The summed E-state index contributed by atoms with van der Waals surface area (Å²) in [6, 6.07) is 2.28. The summed E-state index contributed by atoms with van der Waals surface area (Å²) in [5.74, 6) is -2.38. The van der Waals surface area contributed by atoms with Gasteiger partial charge in [0.05, 0.1) is 10.8 Å². The van der Waals surface area contributed by atoms with Crippen LogP contribution in [0.4, 0.5) is 8.78 Å². The monoisotopic (exact) mass is 372 g/mol. The molecule has 1 aromatic carbocycles. The molecule has 1 unspecified atom stereocenters. The minimum atomic E-state index is -4.06. The van der Waals surface area contributed by atoms with E-state index >= 15 is 0 Å². The van der Waals surface area contributed by atoms with E-state index in [1.165, 1.54) is 9.21 Å². The molecule has 1 saturated heterocycles. The molecule has 8 heteroatoms. The van der Waals surface area contributed by atoms with Crippen molar-refractivity contribution in [3.05, 3.63) is 29.8 Å². The second kappa shape index (κ2) is 6.32. The number of rotatable bonds is 3. The van der Waals surface area contributed by atoms with E-state index in [0.717, 1.165) is 37.8 Å². The molecule has 3 rings (SSSR count). The quantitative estimate of drug-likeness (QED) is 0.818. The van der Waals surface area contributed by atoms with Crippen molar-refractivity contribution in [1.29, 1.82) is 0 Å². The van der Waals surface area contributed by atoms with Crippen LogP contribution < -0.4 is 0 Å². The molecule has 0 aromatic heterocycles. The lowest BCUT2D eigenvalue weighted by Gasteiger charge is -2.30. The topological polar surface area (TPSA) is 57.7 Å². The van der Waals surface area contributed by atoms with E-state index in [0.29, 0.717) is 6.07 Å². The Morgan fingerprint density at radius 2 is 1.72 bits per heavy atom. The predicted octanol–water partition coefficient (Wildman–Crippen LogP) is 2.23. The first-order chi connectivity index (χ1) is 11.7. The van der Waals surface area contributed by atoms with Gasteiger partial charge in [0, 0.05) is 33.3 Å². The van der Waals surface area contributed by atoms with Crippen molar-refractivity contribution in [1.82, 2.24) is 9.21 Å². The molecule has 1 heterocycles. The van der Waals surface area contributed by atoms with Gasteiger partial charge < -0.3 is 4.90 Å². The van der Waals surface area contributed by atoms with Gasteiger partial charge in [0.2, 0.25) is 15.9 Å². The molecule has 1 aliphatic heterocycles. The van der Waals surface area contributed by atoms with Gasteiger partial charge in [-0.3, -0.25) is 4.79 Å². The molecular formula is C17H22F2N2O3S. The van der Waals surface area contributed by atoms with Crippen molar-refractivity contribution in [2.45, 2.75) is 30.6 Å². The molecule has 2 aliphatic rings. The summed E-state index contributed by atoms with van der Waals surface area (Å²) >= 11 is 0. The second-order valence-electron chi connectivity index (χ2n) is 7.26. The van der Waals surface area contributed by atoms with Gasteiger partial charge >= 0.3 is 0 Å². The van der Waals surface area contributed by atoms with E-state index in [2.05, 4.69) is 0 Å². The average Bonchev–Trinajstić information content (AvgIpc) is 3.14. The third-order valence-corrected chi connectivity index (χ3v) is 7.22. The lowest BCUT2D eigenvalue weighted by atomic mass is 9.76. The zero-order chi connectivity index (χ0) is 18.4. The van der Waals surface area contributed by atoms with Gasteiger partial charge in [0.1, 0.15) is 11.6 Å². The SMILES string of the molecule is CN(C)C(=O)C1CN(S(=O)(=O)c2cc(F)cc(F)c2)CC12CCCC2. The minimum Gasteiger partial charge on any atom is -0.349 e. The molecule has 1 saturated carbocycles. The number of carbonyl (C=O) groups is 1. The molecule has 1 aliphatic carbocycles. The summed E-state index contributed by atoms with van der Waals surface area (Å²) < 4.78 is 53.9. The molecule has 5 nitrogen and oxygen atoms in total. The summed E-state index contributed by atoms with van der Waals surface area (Å²) in [5, 5.41) is 0. The van der Waals surface area contributed by atoms with Crippen LogP contribution in [-0.4, -0.2) is 50.7 Å². The Labute approximate surface area is 146 Å². The van der Waals surface area contributed by atoms with Crippen molar-refractivity contribution in [2.24, 2.45) is 11.3 Å². The van der Waals surface area contributed by atoms with Crippen LogP contribution in [0.2, 0.25) is 0 Å². The number of benzene rings is 1. The molecule has 1 aromatic rings. The first-order valence-electron chi connectivity index (χ1n) is 8.33. The average molecular weight is 372 g/mol. The van der Waals surface area contributed by atoms with Crippen LogP contribution in [0.3, 0.4) is 0 Å².